The van der Waals surface area contributed by atoms with Crippen LogP contribution < -0.4 is 10.9 Å². The largest absolute Gasteiger partial charge is 0.309 e. The van der Waals surface area contributed by atoms with Crippen molar-refractivity contribution in [1.82, 2.24) is 19.6 Å². The molecule has 0 radical (unpaired) electrons. The molecule has 30 heavy (non-hydrogen) atoms. The number of nitrogens with one attached hydrogen (secondary N) is 1. The average Bonchev–Trinajstić information content (AvgIpc) is 3.29. The van der Waals surface area contributed by atoms with E-state index >= 15 is 0 Å². The smallest absolute Gasteiger partial charge is 0.267 e. The molecule has 0 spiro atoms. The molecule has 3 heterocycles. The molecule has 7 nitrogen and oxygen atoms in total. The molecule has 0 atom stereocenters. The molecule has 4 rings (SSSR count). The normalized spacial score (nSPS) is 10.9. The Balaban J connectivity index is 1.56. The molecular weight excluding hydrogens is 405 g/mol. The third-order valence-electron chi connectivity index (χ3n) is 4.32. The first-order valence-corrected chi connectivity index (χ1v) is 9.98. The van der Waals surface area contributed by atoms with Gasteiger partial charge in [0.2, 0.25) is 5.91 Å². The lowest BCUT2D eigenvalue weighted by Gasteiger charge is -2.10. The molecular formula is C21H18FN5O2S. The second-order valence-corrected chi connectivity index (χ2v) is 8.02. The number of carbonyl (C=O) groups excluding carboxylic acids is 1. The number of aromatic nitrogens is 4. The first-order valence-electron chi connectivity index (χ1n) is 9.16. The first-order chi connectivity index (χ1) is 14.4. The fourth-order valence-corrected chi connectivity index (χ4v) is 3.78. The number of nitrogens with zero attached hydrogens (tertiary/aromatic N) is 4. The van der Waals surface area contributed by atoms with Gasteiger partial charge in [0, 0.05) is 17.0 Å². The molecule has 0 saturated heterocycles. The van der Waals surface area contributed by atoms with Crippen molar-refractivity contribution in [2.24, 2.45) is 0 Å². The van der Waals surface area contributed by atoms with Crippen LogP contribution in [0, 0.1) is 19.7 Å². The lowest BCUT2D eigenvalue weighted by molar-refractivity contribution is -0.117. The Morgan fingerprint density at radius 2 is 1.83 bits per heavy atom. The SMILES string of the molecule is Cc1cc(NC(=O)Cn2nc(-c3ccc(C)s3)ccc2=O)n(-c2ccc(F)cc2)n1. The zero-order chi connectivity index (χ0) is 21.3. The summed E-state index contributed by atoms with van der Waals surface area (Å²) in [6.07, 6.45) is 0. The van der Waals surface area contributed by atoms with Gasteiger partial charge in [-0.1, -0.05) is 0 Å². The van der Waals surface area contributed by atoms with Gasteiger partial charge in [-0.3, -0.25) is 9.59 Å². The number of halogens is 1. The van der Waals surface area contributed by atoms with Crippen LogP contribution in [0.25, 0.3) is 16.3 Å². The Labute approximate surface area is 175 Å². The van der Waals surface area contributed by atoms with E-state index in [0.29, 0.717) is 22.9 Å². The third kappa shape index (κ3) is 4.20. The monoisotopic (exact) mass is 423 g/mol. The summed E-state index contributed by atoms with van der Waals surface area (Å²) in [7, 11) is 0. The van der Waals surface area contributed by atoms with Crippen LogP contribution >= 0.6 is 11.3 Å². The van der Waals surface area contributed by atoms with E-state index in [-0.39, 0.29) is 17.9 Å². The average molecular weight is 423 g/mol. The summed E-state index contributed by atoms with van der Waals surface area (Å²) in [4.78, 5) is 26.9. The molecule has 0 aliphatic carbocycles. The summed E-state index contributed by atoms with van der Waals surface area (Å²) in [6.45, 7) is 3.53. The van der Waals surface area contributed by atoms with Crippen LogP contribution in [-0.2, 0) is 11.3 Å². The van der Waals surface area contributed by atoms with Crippen molar-refractivity contribution in [3.05, 3.63) is 81.3 Å². The van der Waals surface area contributed by atoms with Crippen LogP contribution in [0.2, 0.25) is 0 Å². The highest BCUT2D eigenvalue weighted by atomic mass is 32.1. The van der Waals surface area contributed by atoms with E-state index in [2.05, 4.69) is 15.5 Å². The van der Waals surface area contributed by atoms with Gasteiger partial charge < -0.3 is 5.32 Å². The number of rotatable bonds is 5. The number of thiophene rings is 1. The van der Waals surface area contributed by atoms with Gasteiger partial charge in [0.15, 0.2) is 0 Å². The zero-order valence-corrected chi connectivity index (χ0v) is 17.1. The minimum absolute atomic E-state index is 0.245. The zero-order valence-electron chi connectivity index (χ0n) is 16.3. The third-order valence-corrected chi connectivity index (χ3v) is 5.35. The van der Waals surface area contributed by atoms with Crippen molar-refractivity contribution in [2.45, 2.75) is 20.4 Å². The number of anilines is 1. The summed E-state index contributed by atoms with van der Waals surface area (Å²) in [5.74, 6) is -0.367. The van der Waals surface area contributed by atoms with Crippen LogP contribution in [0.15, 0.2) is 59.4 Å². The molecule has 0 bridgehead atoms. The number of aryl methyl sites for hydroxylation is 2. The summed E-state index contributed by atoms with van der Waals surface area (Å²) in [5.41, 5.74) is 1.54. The fourth-order valence-electron chi connectivity index (χ4n) is 2.95. The van der Waals surface area contributed by atoms with Crippen molar-refractivity contribution in [1.29, 1.82) is 0 Å². The van der Waals surface area contributed by atoms with E-state index < -0.39 is 5.91 Å². The van der Waals surface area contributed by atoms with Gasteiger partial charge in [-0.2, -0.15) is 10.2 Å². The molecule has 1 N–H and O–H groups in total. The highest BCUT2D eigenvalue weighted by Gasteiger charge is 2.13. The van der Waals surface area contributed by atoms with Crippen LogP contribution in [-0.4, -0.2) is 25.5 Å². The lowest BCUT2D eigenvalue weighted by Crippen LogP contribution is -2.29. The molecule has 1 aromatic carbocycles. The molecule has 0 unspecified atom stereocenters. The van der Waals surface area contributed by atoms with Crippen LogP contribution in [0.4, 0.5) is 10.2 Å². The summed E-state index contributed by atoms with van der Waals surface area (Å²) in [6, 6.07) is 14.4. The highest BCUT2D eigenvalue weighted by Crippen LogP contribution is 2.25. The molecule has 0 aliphatic heterocycles. The maximum absolute atomic E-state index is 13.2. The molecule has 1 amide bonds. The molecule has 0 saturated carbocycles. The standard InChI is InChI=1S/C21H18FN5O2S/c1-13-11-19(27(24-13)16-6-4-15(22)5-7-16)23-20(28)12-26-21(29)10-8-17(25-26)18-9-3-14(2)30-18/h3-11H,12H2,1-2H3,(H,23,28). The number of carbonyl (C=O) groups is 1. The fraction of sp³-hybridized carbons (Fsp3) is 0.143. The van der Waals surface area contributed by atoms with E-state index in [1.165, 1.54) is 22.9 Å². The molecule has 0 aliphatic rings. The topological polar surface area (TPSA) is 81.8 Å². The Morgan fingerprint density at radius 3 is 2.53 bits per heavy atom. The molecule has 9 heteroatoms. The summed E-state index contributed by atoms with van der Waals surface area (Å²) >= 11 is 1.56. The summed E-state index contributed by atoms with van der Waals surface area (Å²) < 4.78 is 15.9. The second-order valence-electron chi connectivity index (χ2n) is 6.73. The predicted octanol–water partition coefficient (Wildman–Crippen LogP) is 3.55. The van der Waals surface area contributed by atoms with Crippen molar-refractivity contribution >= 4 is 23.1 Å². The minimum Gasteiger partial charge on any atom is -0.309 e. The Kier molecular flexibility index (Phi) is 5.28. The van der Waals surface area contributed by atoms with Gasteiger partial charge in [-0.05, 0) is 56.3 Å². The number of hydrogen-bond donors (Lipinski definition) is 1. The van der Waals surface area contributed by atoms with Crippen LogP contribution in [0.5, 0.6) is 0 Å². The van der Waals surface area contributed by atoms with E-state index in [4.69, 9.17) is 0 Å². The Bertz CT molecular complexity index is 1270. The minimum atomic E-state index is -0.424. The molecule has 4 aromatic rings. The number of benzene rings is 1. The van der Waals surface area contributed by atoms with Crippen molar-refractivity contribution in [3.8, 4) is 16.3 Å². The van der Waals surface area contributed by atoms with Gasteiger partial charge in [0.1, 0.15) is 23.9 Å². The first kappa shape index (κ1) is 19.7. The number of hydrogen-bond acceptors (Lipinski definition) is 5. The van der Waals surface area contributed by atoms with Gasteiger partial charge in [0.25, 0.3) is 5.56 Å². The Morgan fingerprint density at radius 1 is 1.07 bits per heavy atom. The predicted molar refractivity (Wildman–Crippen MR) is 113 cm³/mol. The molecule has 3 aromatic heterocycles. The maximum atomic E-state index is 13.2. The van der Waals surface area contributed by atoms with Gasteiger partial charge in [-0.15, -0.1) is 11.3 Å². The summed E-state index contributed by atoms with van der Waals surface area (Å²) in [5, 5.41) is 11.4. The van der Waals surface area contributed by atoms with Crippen molar-refractivity contribution in [2.75, 3.05) is 5.32 Å². The lowest BCUT2D eigenvalue weighted by atomic mass is 10.3. The van der Waals surface area contributed by atoms with E-state index in [9.17, 15) is 14.0 Å². The highest BCUT2D eigenvalue weighted by molar-refractivity contribution is 7.15. The van der Waals surface area contributed by atoms with Gasteiger partial charge in [-0.25, -0.2) is 13.8 Å². The maximum Gasteiger partial charge on any atom is 0.267 e. The molecule has 0 fully saturated rings. The number of amides is 1. The second kappa shape index (κ2) is 8.03. The Hall–Kier alpha value is -3.59. The van der Waals surface area contributed by atoms with Crippen LogP contribution in [0.1, 0.15) is 10.6 Å². The van der Waals surface area contributed by atoms with Crippen molar-refractivity contribution < 1.29 is 9.18 Å². The van der Waals surface area contributed by atoms with E-state index in [1.807, 2.05) is 19.1 Å². The van der Waals surface area contributed by atoms with Crippen molar-refractivity contribution in [3.63, 3.8) is 0 Å². The molecule has 152 valence electrons. The van der Waals surface area contributed by atoms with Gasteiger partial charge >= 0.3 is 0 Å². The van der Waals surface area contributed by atoms with E-state index in [1.54, 1.807) is 42.5 Å². The quantitative estimate of drug-likeness (QED) is 0.532. The van der Waals surface area contributed by atoms with E-state index in [0.717, 1.165) is 14.4 Å². The van der Waals surface area contributed by atoms with Crippen LogP contribution in [0.3, 0.4) is 0 Å². The van der Waals surface area contributed by atoms with Gasteiger partial charge in [0.05, 0.1) is 16.3 Å².